The fraction of sp³-hybridized carbons (Fsp3) is 1.00. The Bertz CT molecular complexity index is 8.00. The molecule has 0 bridgehead atoms. The molecule has 0 fully saturated rings. The Morgan fingerprint density at radius 2 is 2.25 bits per heavy atom. The summed E-state index contributed by atoms with van der Waals surface area (Å²) in [6.45, 7) is 2.14. The number of rotatable bonds is 1. The van der Waals surface area contributed by atoms with Gasteiger partial charge in [0, 0.05) is 0 Å². The Balaban J connectivity index is 1.97. The second-order valence-electron chi connectivity index (χ2n) is 0.362. The first-order chi connectivity index (χ1) is 1.91. The molecule has 0 aromatic rings. The fourth-order valence-corrected chi connectivity index (χ4v) is 0. The van der Waals surface area contributed by atoms with E-state index in [9.17, 15) is 0 Å². The molecule has 4 heavy (non-hydrogen) atoms. The zero-order valence-electron chi connectivity index (χ0n) is 2.51. The summed E-state index contributed by atoms with van der Waals surface area (Å²) in [7, 11) is 0. The van der Waals surface area contributed by atoms with Crippen molar-refractivity contribution >= 4 is 4.93 Å². The van der Waals surface area contributed by atoms with Crippen molar-refractivity contribution in [1.29, 1.82) is 0 Å². The molecule has 0 aliphatic rings. The molecule has 0 heterocycles. The van der Waals surface area contributed by atoms with Gasteiger partial charge in [-0.15, -0.1) is 0 Å². The summed E-state index contributed by atoms with van der Waals surface area (Å²) in [5, 5.41) is 0. The van der Waals surface area contributed by atoms with E-state index in [-0.39, 0.29) is 0 Å². The summed E-state index contributed by atoms with van der Waals surface area (Å²) >= 11 is 0.434. The van der Waals surface area contributed by atoms with Crippen LogP contribution in [0.2, 0.25) is 0.889 Å². The molecule has 0 N–H and O–H groups in total. The fourth-order valence-electron chi connectivity index (χ4n) is 0. The summed E-state index contributed by atoms with van der Waals surface area (Å²) in [6, 6.07) is 0. The SMILES string of the molecule is CC[Xe]S. The number of hydrogen-bond acceptors (Lipinski definition) is 1. The van der Waals surface area contributed by atoms with Gasteiger partial charge >= 0.3 is 54.8 Å². The van der Waals surface area contributed by atoms with Gasteiger partial charge in [-0.3, -0.25) is 0 Å². The van der Waals surface area contributed by atoms with Crippen molar-refractivity contribution in [2.75, 3.05) is 0 Å². The third-order valence-electron chi connectivity index (χ3n) is 0.112. The summed E-state index contributed by atoms with van der Waals surface area (Å²) < 4.78 is 1.27. The maximum atomic E-state index is 4.01. The topological polar surface area (TPSA) is 0 Å². The van der Waals surface area contributed by atoms with Crippen LogP contribution in [0, 0.1) is 42.0 Å². The van der Waals surface area contributed by atoms with Gasteiger partial charge < -0.3 is 0 Å². The zero-order valence-corrected chi connectivity index (χ0v) is 5.42. The predicted octanol–water partition coefficient (Wildman–Crippen LogP) is 1.35. The molecule has 0 spiro atoms. The normalized spacial score (nSPS) is 8.50. The molecule has 0 amide bonds. The third-order valence-corrected chi connectivity index (χ3v) is 2.25. The first-order valence-corrected chi connectivity index (χ1v) is 5.57. The van der Waals surface area contributed by atoms with Crippen LogP contribution in [0.25, 0.3) is 0 Å². The van der Waals surface area contributed by atoms with Crippen molar-refractivity contribution in [3.8, 4) is 0 Å². The minimum atomic E-state index is 0.434. The van der Waals surface area contributed by atoms with Crippen LogP contribution in [0.3, 0.4) is 0 Å². The van der Waals surface area contributed by atoms with Crippen LogP contribution in [-0.4, -0.2) is 0 Å². The second kappa shape index (κ2) is 4.92. The summed E-state index contributed by atoms with van der Waals surface area (Å²) in [5.41, 5.74) is 0. The molecule has 0 atom stereocenters. The van der Waals surface area contributed by atoms with E-state index in [0.29, 0.717) is 42.0 Å². The Labute approximate surface area is 53.4 Å². The van der Waals surface area contributed by atoms with Crippen molar-refractivity contribution in [3.63, 3.8) is 0 Å². The Morgan fingerprint density at radius 1 is 2.00 bits per heavy atom. The predicted molar refractivity (Wildman–Crippen MR) is 19.5 cm³/mol. The Kier molecular flexibility index (Phi) is 7.29. The average Bonchev–Trinajstić information content (AvgIpc) is 1.37. The van der Waals surface area contributed by atoms with Gasteiger partial charge in [-0.05, 0) is 0 Å². The van der Waals surface area contributed by atoms with Gasteiger partial charge in [-0.1, -0.05) is 0 Å². The van der Waals surface area contributed by atoms with Crippen molar-refractivity contribution in [3.05, 3.63) is 0 Å². The second-order valence-corrected chi connectivity index (χ2v) is 3.93. The van der Waals surface area contributed by atoms with Gasteiger partial charge in [-0.25, -0.2) is 0 Å². The summed E-state index contributed by atoms with van der Waals surface area (Å²) in [6.07, 6.45) is 0. The molecule has 28 valence electrons. The molecular formula is C2H6SXe. The van der Waals surface area contributed by atoms with Crippen molar-refractivity contribution in [2.24, 2.45) is 0 Å². The van der Waals surface area contributed by atoms with Gasteiger partial charge in [0.2, 0.25) is 0 Å². The van der Waals surface area contributed by atoms with Crippen LogP contribution in [0.5, 0.6) is 0 Å². The molecule has 0 radical (unpaired) electrons. The van der Waals surface area contributed by atoms with E-state index in [1.165, 1.54) is 0.889 Å². The molecule has 0 unspecified atom stereocenters. The van der Waals surface area contributed by atoms with Crippen LogP contribution in [0.4, 0.5) is 0 Å². The van der Waals surface area contributed by atoms with Gasteiger partial charge in [0.25, 0.3) is 0 Å². The van der Waals surface area contributed by atoms with Gasteiger partial charge in [0.15, 0.2) is 0 Å². The minimum absolute atomic E-state index is 0.434. The Hall–Kier alpha value is 1.92. The van der Waals surface area contributed by atoms with E-state index >= 15 is 0 Å². The average molecular weight is 193 g/mol. The standard InChI is InChI=1S/C2H6SXe/c1-2-4-3/h3H,2H2,1H3. The van der Waals surface area contributed by atoms with Crippen molar-refractivity contribution in [1.82, 2.24) is 0 Å². The van der Waals surface area contributed by atoms with Gasteiger partial charge in [0.1, 0.15) is 0 Å². The van der Waals surface area contributed by atoms with Gasteiger partial charge in [-0.2, -0.15) is 0 Å². The van der Waals surface area contributed by atoms with Crippen molar-refractivity contribution < 1.29 is 42.0 Å². The molecular weight excluding hydrogens is 187 g/mol. The third kappa shape index (κ3) is 3.92. The van der Waals surface area contributed by atoms with E-state index in [1.807, 2.05) is 0 Å². The first kappa shape index (κ1) is 5.92. The van der Waals surface area contributed by atoms with Crippen LogP contribution in [0.1, 0.15) is 6.92 Å². The molecule has 0 aromatic carbocycles. The maximum absolute atomic E-state index is 4.01. The van der Waals surface area contributed by atoms with E-state index < -0.39 is 0 Å². The quantitative estimate of drug-likeness (QED) is 0.597. The van der Waals surface area contributed by atoms with Gasteiger partial charge in [0.05, 0.1) is 0 Å². The molecule has 2 heteroatoms. The summed E-state index contributed by atoms with van der Waals surface area (Å²) in [5.74, 6) is 0. The summed E-state index contributed by atoms with van der Waals surface area (Å²) in [4.78, 5) is 4.01. The molecule has 0 rings (SSSR count). The van der Waals surface area contributed by atoms with E-state index in [0.717, 1.165) is 0 Å². The monoisotopic (exact) mass is 194 g/mol. The molecule has 0 saturated heterocycles. The van der Waals surface area contributed by atoms with E-state index in [4.69, 9.17) is 0 Å². The molecule has 0 aliphatic carbocycles. The van der Waals surface area contributed by atoms with Crippen LogP contribution in [0.15, 0.2) is 0 Å². The zero-order chi connectivity index (χ0) is 3.41. The van der Waals surface area contributed by atoms with Crippen LogP contribution < -0.4 is 0 Å². The number of hydrogen-bond donors (Lipinski definition) is 1. The molecule has 0 aliphatic heterocycles. The van der Waals surface area contributed by atoms with E-state index in [1.54, 1.807) is 0 Å². The van der Waals surface area contributed by atoms with Crippen LogP contribution in [-0.2, 0) is 0 Å². The molecule has 0 saturated carbocycles. The van der Waals surface area contributed by atoms with E-state index in [2.05, 4.69) is 11.9 Å². The molecule has 0 nitrogen and oxygen atoms in total. The number of thiol groups is 1. The Morgan fingerprint density at radius 3 is 2.25 bits per heavy atom. The van der Waals surface area contributed by atoms with Crippen molar-refractivity contribution in [2.45, 2.75) is 7.81 Å². The first-order valence-electron chi connectivity index (χ1n) is 1.12. The van der Waals surface area contributed by atoms with Crippen LogP contribution >= 0.6 is 4.93 Å². The molecule has 0 aromatic heterocycles.